The van der Waals surface area contributed by atoms with Crippen molar-refractivity contribution in [2.24, 2.45) is 0 Å². The molecule has 0 aromatic carbocycles. The molecular weight excluding hydrogens is 278 g/mol. The molecule has 0 aliphatic rings. The zero-order valence-electron chi connectivity index (χ0n) is 11.7. The van der Waals surface area contributed by atoms with Gasteiger partial charge in [0, 0.05) is 26.2 Å². The van der Waals surface area contributed by atoms with E-state index in [0.717, 1.165) is 5.82 Å². The minimum atomic E-state index is -2.90. The summed E-state index contributed by atoms with van der Waals surface area (Å²) < 4.78 is 40.9. The molecule has 8 heteroatoms. The molecule has 110 valence electrons. The molecule has 18 heavy (non-hydrogen) atoms. The van der Waals surface area contributed by atoms with Gasteiger partial charge < -0.3 is 18.1 Å². The van der Waals surface area contributed by atoms with E-state index < -0.39 is 15.2 Å². The lowest BCUT2D eigenvalue weighted by Gasteiger charge is -2.13. The molecule has 0 radical (unpaired) electrons. The van der Waals surface area contributed by atoms with E-state index in [1.54, 1.807) is 20.8 Å². The van der Waals surface area contributed by atoms with Crippen molar-refractivity contribution in [3.8, 4) is 0 Å². The fourth-order valence-electron chi connectivity index (χ4n) is 0.837. The van der Waals surface area contributed by atoms with E-state index in [4.69, 9.17) is 9.05 Å². The molecular formula is C10H24O6P2. The molecule has 0 heterocycles. The van der Waals surface area contributed by atoms with Crippen molar-refractivity contribution in [1.82, 2.24) is 0 Å². The molecule has 0 saturated carbocycles. The molecule has 0 aromatic heterocycles. The van der Waals surface area contributed by atoms with Crippen LogP contribution in [-0.2, 0) is 27.2 Å². The van der Waals surface area contributed by atoms with Gasteiger partial charge in [-0.3, -0.25) is 9.13 Å². The van der Waals surface area contributed by atoms with Gasteiger partial charge in [0.1, 0.15) is 0 Å². The Bertz CT molecular complexity index is 287. The molecule has 0 spiro atoms. The molecule has 0 rings (SSSR count). The quantitative estimate of drug-likeness (QED) is 0.633. The fourth-order valence-corrected chi connectivity index (χ4v) is 2.51. The number of rotatable bonds is 8. The van der Waals surface area contributed by atoms with Crippen molar-refractivity contribution in [3.63, 3.8) is 0 Å². The third-order valence-electron chi connectivity index (χ3n) is 1.77. The van der Waals surface area contributed by atoms with Gasteiger partial charge in [-0.15, -0.1) is 0 Å². The van der Waals surface area contributed by atoms with Crippen LogP contribution >= 0.6 is 15.2 Å². The normalized spacial score (nSPS) is 11.6. The van der Waals surface area contributed by atoms with E-state index >= 15 is 0 Å². The summed E-state index contributed by atoms with van der Waals surface area (Å²) in [5.74, 6) is 1.16. The van der Waals surface area contributed by atoms with Gasteiger partial charge in [-0.25, -0.2) is 0 Å². The van der Waals surface area contributed by atoms with Crippen LogP contribution < -0.4 is 0 Å². The van der Waals surface area contributed by atoms with Crippen molar-refractivity contribution < 1.29 is 27.2 Å². The van der Waals surface area contributed by atoms with E-state index in [1.165, 1.54) is 14.2 Å². The summed E-state index contributed by atoms with van der Waals surface area (Å²) >= 11 is 0. The molecule has 0 bridgehead atoms. The summed E-state index contributed by atoms with van der Waals surface area (Å²) in [6, 6.07) is 0. The largest absolute Gasteiger partial charge is 0.353 e. The van der Waals surface area contributed by atoms with Gasteiger partial charge in [0.2, 0.25) is 0 Å². The van der Waals surface area contributed by atoms with Crippen molar-refractivity contribution in [3.05, 3.63) is 12.4 Å². The first-order chi connectivity index (χ1) is 8.36. The fraction of sp³-hybridized carbons (Fsp3) is 0.800. The summed E-state index contributed by atoms with van der Waals surface area (Å²) in [4.78, 5) is 0. The van der Waals surface area contributed by atoms with E-state index in [-0.39, 0.29) is 0 Å². The molecule has 0 atom stereocenters. The standard InChI is InChI=1S/C6H15O3P.C4H9O3P/c1-4-8-10(7,6-3)9-5-2;1-4-8(5,6-2)7-3/h4-6H2,1-3H3;4H,1H2,2-3H3. The van der Waals surface area contributed by atoms with Gasteiger partial charge in [-0.2, -0.15) is 0 Å². The van der Waals surface area contributed by atoms with Crippen molar-refractivity contribution in [1.29, 1.82) is 0 Å². The zero-order valence-corrected chi connectivity index (χ0v) is 13.5. The van der Waals surface area contributed by atoms with Gasteiger partial charge in [0.05, 0.1) is 13.2 Å². The topological polar surface area (TPSA) is 71.1 Å². The predicted octanol–water partition coefficient (Wildman–Crippen LogP) is 3.89. The second-order valence-electron chi connectivity index (χ2n) is 2.85. The maximum absolute atomic E-state index is 11.3. The highest BCUT2D eigenvalue weighted by molar-refractivity contribution is 7.57. The Hall–Kier alpha value is 0.0400. The average molecular weight is 302 g/mol. The highest BCUT2D eigenvalue weighted by Crippen LogP contribution is 2.47. The first kappa shape index (κ1) is 20.4. The minimum absolute atomic E-state index is 0.450. The zero-order chi connectivity index (χ0) is 14.7. The summed E-state index contributed by atoms with van der Waals surface area (Å²) in [6.07, 6.45) is 0.453. The summed E-state index contributed by atoms with van der Waals surface area (Å²) in [5.41, 5.74) is 0. The van der Waals surface area contributed by atoms with Crippen LogP contribution in [0.4, 0.5) is 0 Å². The Labute approximate surface area is 110 Å². The Morgan fingerprint density at radius 1 is 1.00 bits per heavy atom. The van der Waals surface area contributed by atoms with Gasteiger partial charge in [0.25, 0.3) is 0 Å². The molecule has 6 nitrogen and oxygen atoms in total. The average Bonchev–Trinajstić information content (AvgIpc) is 2.39. The lowest BCUT2D eigenvalue weighted by Crippen LogP contribution is -1.97. The summed E-state index contributed by atoms with van der Waals surface area (Å²) in [5, 5.41) is 0. The smallest absolute Gasteiger partial charge is 0.309 e. The summed E-state index contributed by atoms with van der Waals surface area (Å²) in [6.45, 7) is 9.57. The molecule has 0 N–H and O–H groups in total. The second kappa shape index (κ2) is 10.9. The van der Waals surface area contributed by atoms with Crippen molar-refractivity contribution in [2.75, 3.05) is 33.6 Å². The van der Waals surface area contributed by atoms with Crippen molar-refractivity contribution >= 4 is 15.2 Å². The SMILES string of the molecule is C=CP(=O)(OC)OC.CCOP(=O)(CC)OCC. The monoisotopic (exact) mass is 302 g/mol. The van der Waals surface area contributed by atoms with Crippen LogP contribution in [0.15, 0.2) is 12.4 Å². The molecule has 0 amide bonds. The maximum Gasteiger partial charge on any atom is 0.353 e. The van der Waals surface area contributed by atoms with E-state index in [0.29, 0.717) is 19.4 Å². The molecule has 0 unspecified atom stereocenters. The molecule has 0 aliphatic heterocycles. The Kier molecular flexibility index (Phi) is 12.3. The van der Waals surface area contributed by atoms with E-state index in [1.807, 2.05) is 0 Å². The van der Waals surface area contributed by atoms with Crippen LogP contribution in [0.1, 0.15) is 20.8 Å². The molecule has 0 saturated heterocycles. The first-order valence-electron chi connectivity index (χ1n) is 5.59. The molecule has 0 aliphatic carbocycles. The summed E-state index contributed by atoms with van der Waals surface area (Å²) in [7, 11) is -2.98. The van der Waals surface area contributed by atoms with Gasteiger partial charge in [-0.05, 0) is 13.8 Å². The lowest BCUT2D eigenvalue weighted by molar-refractivity contribution is 0.221. The minimum Gasteiger partial charge on any atom is -0.309 e. The van der Waals surface area contributed by atoms with Crippen LogP contribution in [-0.4, -0.2) is 33.6 Å². The molecule has 0 fully saturated rings. The van der Waals surface area contributed by atoms with Gasteiger partial charge in [0.15, 0.2) is 0 Å². The highest BCUT2D eigenvalue weighted by atomic mass is 31.2. The first-order valence-corrected chi connectivity index (χ1v) is 8.93. The third-order valence-corrected chi connectivity index (χ3v) is 5.31. The van der Waals surface area contributed by atoms with E-state index in [2.05, 4.69) is 15.6 Å². The third kappa shape index (κ3) is 9.03. The van der Waals surface area contributed by atoms with Crippen molar-refractivity contribution in [2.45, 2.75) is 20.8 Å². The Balaban J connectivity index is 0. The highest BCUT2D eigenvalue weighted by Gasteiger charge is 2.19. The Morgan fingerprint density at radius 2 is 1.39 bits per heavy atom. The predicted molar refractivity (Wildman–Crippen MR) is 73.2 cm³/mol. The number of hydrogen-bond acceptors (Lipinski definition) is 6. The second-order valence-corrected chi connectivity index (χ2v) is 7.40. The molecule has 0 aromatic rings. The number of hydrogen-bond donors (Lipinski definition) is 0. The van der Waals surface area contributed by atoms with Crippen LogP contribution in [0.2, 0.25) is 0 Å². The van der Waals surface area contributed by atoms with Gasteiger partial charge >= 0.3 is 15.2 Å². The van der Waals surface area contributed by atoms with Crippen LogP contribution in [0, 0.1) is 0 Å². The van der Waals surface area contributed by atoms with Crippen LogP contribution in [0.3, 0.4) is 0 Å². The van der Waals surface area contributed by atoms with E-state index in [9.17, 15) is 9.13 Å². The lowest BCUT2D eigenvalue weighted by atomic mass is 10.9. The Morgan fingerprint density at radius 3 is 1.50 bits per heavy atom. The van der Waals surface area contributed by atoms with Gasteiger partial charge in [-0.1, -0.05) is 13.5 Å². The maximum atomic E-state index is 11.3. The van der Waals surface area contributed by atoms with Crippen LogP contribution in [0.25, 0.3) is 0 Å². The van der Waals surface area contributed by atoms with Crippen LogP contribution in [0.5, 0.6) is 0 Å².